The minimum Gasteiger partial charge on any atom is -0.493 e. The molecule has 0 saturated carbocycles. The lowest BCUT2D eigenvalue weighted by Crippen LogP contribution is -2.21. The molecule has 2 N–H and O–H groups in total. The fourth-order valence-corrected chi connectivity index (χ4v) is 1.60. The zero-order valence-corrected chi connectivity index (χ0v) is 10.5. The van der Waals surface area contributed by atoms with E-state index in [1.807, 2.05) is 18.2 Å². The van der Waals surface area contributed by atoms with Crippen LogP contribution < -0.4 is 10.5 Å². The fraction of sp³-hybridized carbons (Fsp3) is 0.467. The quantitative estimate of drug-likeness (QED) is 0.578. The molecule has 0 amide bonds. The second-order valence-corrected chi connectivity index (χ2v) is 4.14. The molecule has 17 heavy (non-hydrogen) atoms. The number of nitrogens with two attached hydrogens (primary N) is 1. The molecule has 0 aliphatic carbocycles. The average molecular weight is 231 g/mol. The van der Waals surface area contributed by atoms with Gasteiger partial charge < -0.3 is 10.5 Å². The van der Waals surface area contributed by atoms with Crippen LogP contribution in [-0.4, -0.2) is 12.6 Å². The molecule has 0 fully saturated rings. The first-order valence-electron chi connectivity index (χ1n) is 6.17. The first-order chi connectivity index (χ1) is 8.27. The van der Waals surface area contributed by atoms with Crippen LogP contribution in [0.1, 0.15) is 31.7 Å². The summed E-state index contributed by atoms with van der Waals surface area (Å²) in [4.78, 5) is 0. The smallest absolute Gasteiger partial charge is 0.122 e. The van der Waals surface area contributed by atoms with Crippen molar-refractivity contribution in [3.8, 4) is 18.1 Å². The van der Waals surface area contributed by atoms with Crippen molar-refractivity contribution in [2.75, 3.05) is 6.61 Å². The van der Waals surface area contributed by atoms with E-state index in [1.54, 1.807) is 0 Å². The Balaban J connectivity index is 2.55. The van der Waals surface area contributed by atoms with Crippen molar-refractivity contribution in [3.63, 3.8) is 0 Å². The fourth-order valence-electron chi connectivity index (χ4n) is 1.60. The maximum absolute atomic E-state index is 5.97. The predicted molar refractivity (Wildman–Crippen MR) is 72.0 cm³/mol. The normalized spacial score (nSPS) is 11.8. The van der Waals surface area contributed by atoms with Gasteiger partial charge in [-0.05, 0) is 30.9 Å². The van der Waals surface area contributed by atoms with Crippen LogP contribution in [0.5, 0.6) is 5.75 Å². The Bertz CT molecular complexity index is 367. The van der Waals surface area contributed by atoms with Crippen molar-refractivity contribution in [1.29, 1.82) is 0 Å². The summed E-state index contributed by atoms with van der Waals surface area (Å²) in [6.45, 7) is 2.77. The second kappa shape index (κ2) is 7.76. The average Bonchev–Trinajstić information content (AvgIpc) is 2.36. The van der Waals surface area contributed by atoms with E-state index < -0.39 is 0 Å². The van der Waals surface area contributed by atoms with E-state index in [-0.39, 0.29) is 6.04 Å². The van der Waals surface area contributed by atoms with E-state index in [2.05, 4.69) is 18.9 Å². The van der Waals surface area contributed by atoms with Crippen molar-refractivity contribution in [1.82, 2.24) is 0 Å². The van der Waals surface area contributed by atoms with Crippen LogP contribution in [0.2, 0.25) is 0 Å². The largest absolute Gasteiger partial charge is 0.493 e. The first kappa shape index (κ1) is 13.6. The molecule has 1 rings (SSSR count). The van der Waals surface area contributed by atoms with Crippen molar-refractivity contribution in [2.45, 2.75) is 38.6 Å². The van der Waals surface area contributed by atoms with Crippen LogP contribution in [0.3, 0.4) is 0 Å². The number of benzene rings is 1. The number of para-hydroxylation sites is 1. The van der Waals surface area contributed by atoms with Gasteiger partial charge >= 0.3 is 0 Å². The van der Waals surface area contributed by atoms with E-state index in [0.29, 0.717) is 6.61 Å². The summed E-state index contributed by atoms with van der Waals surface area (Å²) in [6.07, 6.45) is 8.69. The van der Waals surface area contributed by atoms with Gasteiger partial charge in [0.15, 0.2) is 0 Å². The maximum atomic E-state index is 5.97. The maximum Gasteiger partial charge on any atom is 0.122 e. The summed E-state index contributed by atoms with van der Waals surface area (Å²) in [5.74, 6) is 3.55. The highest BCUT2D eigenvalue weighted by Crippen LogP contribution is 2.20. The molecule has 0 saturated heterocycles. The van der Waals surface area contributed by atoms with Gasteiger partial charge in [0.1, 0.15) is 5.75 Å². The molecule has 0 bridgehead atoms. The monoisotopic (exact) mass is 231 g/mol. The Morgan fingerprint density at radius 3 is 2.88 bits per heavy atom. The van der Waals surface area contributed by atoms with E-state index >= 15 is 0 Å². The van der Waals surface area contributed by atoms with Crippen LogP contribution in [0.4, 0.5) is 0 Å². The summed E-state index contributed by atoms with van der Waals surface area (Å²) in [7, 11) is 0. The van der Waals surface area contributed by atoms with Crippen LogP contribution in [0, 0.1) is 12.3 Å². The second-order valence-electron chi connectivity index (χ2n) is 4.14. The van der Waals surface area contributed by atoms with Crippen molar-refractivity contribution in [3.05, 3.63) is 29.8 Å². The number of hydrogen-bond donors (Lipinski definition) is 1. The summed E-state index contributed by atoms with van der Waals surface area (Å²) in [6, 6.07) is 8.27. The van der Waals surface area contributed by atoms with Gasteiger partial charge in [-0.3, -0.25) is 0 Å². The highest BCUT2D eigenvalue weighted by atomic mass is 16.5. The molecule has 0 aromatic heterocycles. The molecular weight excluding hydrogens is 210 g/mol. The highest BCUT2D eigenvalue weighted by molar-refractivity contribution is 5.33. The number of terminal acetylenes is 1. The first-order valence-corrected chi connectivity index (χ1v) is 6.17. The van der Waals surface area contributed by atoms with Crippen LogP contribution in [0.15, 0.2) is 24.3 Å². The minimum atomic E-state index is 0.199. The van der Waals surface area contributed by atoms with E-state index in [4.69, 9.17) is 16.9 Å². The van der Waals surface area contributed by atoms with Crippen LogP contribution >= 0.6 is 0 Å². The van der Waals surface area contributed by atoms with Crippen LogP contribution in [0.25, 0.3) is 0 Å². The summed E-state index contributed by atoms with van der Waals surface area (Å²) < 4.78 is 5.73. The van der Waals surface area contributed by atoms with Gasteiger partial charge in [-0.25, -0.2) is 0 Å². The summed E-state index contributed by atoms with van der Waals surface area (Å²) in [5.41, 5.74) is 7.15. The molecule has 1 unspecified atom stereocenters. The third-order valence-corrected chi connectivity index (χ3v) is 2.70. The SMILES string of the molecule is C#CCCCOc1ccccc1CC(N)CC. The number of rotatable bonds is 7. The van der Waals surface area contributed by atoms with Gasteiger partial charge in [-0.1, -0.05) is 25.1 Å². The number of hydrogen-bond acceptors (Lipinski definition) is 2. The topological polar surface area (TPSA) is 35.2 Å². The Hall–Kier alpha value is -1.46. The molecule has 1 atom stereocenters. The number of ether oxygens (including phenoxy) is 1. The zero-order chi connectivity index (χ0) is 12.5. The Morgan fingerprint density at radius 1 is 1.41 bits per heavy atom. The molecule has 2 nitrogen and oxygen atoms in total. The molecule has 0 aliphatic rings. The van der Waals surface area contributed by atoms with Gasteiger partial charge in [0.05, 0.1) is 6.61 Å². The summed E-state index contributed by atoms with van der Waals surface area (Å²) in [5, 5.41) is 0. The van der Waals surface area contributed by atoms with Gasteiger partial charge in [-0.2, -0.15) is 0 Å². The predicted octanol–water partition coefficient (Wildman–Crippen LogP) is 2.76. The molecule has 92 valence electrons. The van der Waals surface area contributed by atoms with E-state index in [9.17, 15) is 0 Å². The molecular formula is C15H21NO. The minimum absolute atomic E-state index is 0.199. The molecule has 2 heteroatoms. The van der Waals surface area contributed by atoms with Gasteiger partial charge in [0, 0.05) is 12.5 Å². The summed E-state index contributed by atoms with van der Waals surface area (Å²) >= 11 is 0. The van der Waals surface area contributed by atoms with Gasteiger partial charge in [0.2, 0.25) is 0 Å². The Labute approximate surface area is 104 Å². The van der Waals surface area contributed by atoms with Crippen molar-refractivity contribution in [2.24, 2.45) is 5.73 Å². The van der Waals surface area contributed by atoms with E-state index in [0.717, 1.165) is 31.4 Å². The molecule has 0 heterocycles. The molecule has 0 radical (unpaired) electrons. The third kappa shape index (κ3) is 4.93. The Morgan fingerprint density at radius 2 is 2.18 bits per heavy atom. The molecule has 0 spiro atoms. The zero-order valence-electron chi connectivity index (χ0n) is 10.5. The Kier molecular flexibility index (Phi) is 6.21. The molecule has 1 aromatic rings. The van der Waals surface area contributed by atoms with Gasteiger partial charge in [-0.15, -0.1) is 12.3 Å². The molecule has 0 aliphatic heterocycles. The molecule has 1 aromatic carbocycles. The highest BCUT2D eigenvalue weighted by Gasteiger charge is 2.06. The standard InChI is InChI=1S/C15H21NO/c1-3-5-8-11-17-15-10-7-6-9-13(15)12-14(16)4-2/h1,6-7,9-10,14H,4-5,8,11-12,16H2,2H3. The third-order valence-electron chi connectivity index (χ3n) is 2.70. The van der Waals surface area contributed by atoms with Crippen molar-refractivity contribution < 1.29 is 4.74 Å². The van der Waals surface area contributed by atoms with E-state index in [1.165, 1.54) is 5.56 Å². The lowest BCUT2D eigenvalue weighted by atomic mass is 10.0. The lowest BCUT2D eigenvalue weighted by molar-refractivity contribution is 0.309. The lowest BCUT2D eigenvalue weighted by Gasteiger charge is -2.14. The van der Waals surface area contributed by atoms with Crippen LogP contribution in [-0.2, 0) is 6.42 Å². The van der Waals surface area contributed by atoms with Crippen molar-refractivity contribution >= 4 is 0 Å². The van der Waals surface area contributed by atoms with Gasteiger partial charge in [0.25, 0.3) is 0 Å². The number of unbranched alkanes of at least 4 members (excludes halogenated alkanes) is 1.